The van der Waals surface area contributed by atoms with Crippen LogP contribution in [0, 0.1) is 0 Å². The van der Waals surface area contributed by atoms with E-state index in [1.165, 1.54) is 0 Å². The molecule has 0 saturated carbocycles. The molecule has 28 heavy (non-hydrogen) atoms. The highest BCUT2D eigenvalue weighted by atomic mass is 35.5. The monoisotopic (exact) mass is 395 g/mol. The zero-order valence-corrected chi connectivity index (χ0v) is 15.7. The predicted molar refractivity (Wildman–Crippen MR) is 106 cm³/mol. The quantitative estimate of drug-likeness (QED) is 0.499. The van der Waals surface area contributed by atoms with Gasteiger partial charge < -0.3 is 9.67 Å². The molecular weight excluding hydrogens is 378 g/mol. The summed E-state index contributed by atoms with van der Waals surface area (Å²) in [4.78, 5) is 11.4. The van der Waals surface area contributed by atoms with E-state index in [1.54, 1.807) is 12.1 Å². The molecule has 0 aliphatic rings. The Labute approximate surface area is 166 Å². The zero-order chi connectivity index (χ0) is 19.5. The predicted octanol–water partition coefficient (Wildman–Crippen LogP) is 3.53. The number of hydrogen-bond donors (Lipinski definition) is 2. The first-order chi connectivity index (χ1) is 13.6. The maximum atomic E-state index is 11.4. The van der Waals surface area contributed by atoms with E-state index in [9.17, 15) is 9.90 Å². The Bertz CT molecular complexity index is 1120. The number of rotatable bonds is 7. The molecule has 0 bridgehead atoms. The van der Waals surface area contributed by atoms with Gasteiger partial charge in [-0.25, -0.2) is 4.79 Å². The smallest absolute Gasteiger partial charge is 0.335 e. The Balaban J connectivity index is 1.64. The van der Waals surface area contributed by atoms with E-state index >= 15 is 0 Å². The summed E-state index contributed by atoms with van der Waals surface area (Å²) in [6, 6.07) is 13.0. The summed E-state index contributed by atoms with van der Waals surface area (Å²) in [6.45, 7) is 0.680. The number of aromatic amines is 1. The summed E-state index contributed by atoms with van der Waals surface area (Å²) in [5.74, 6) is -0.285. The number of nitrogens with zero attached hydrogens (tertiary/aromatic N) is 4. The van der Waals surface area contributed by atoms with Crippen molar-refractivity contribution < 1.29 is 9.90 Å². The fraction of sp³-hybridized carbons (Fsp3) is 0.200. The second-order valence-corrected chi connectivity index (χ2v) is 7.03. The van der Waals surface area contributed by atoms with Crippen molar-refractivity contribution in [3.8, 4) is 0 Å². The van der Waals surface area contributed by atoms with Gasteiger partial charge in [0.2, 0.25) is 0 Å². The first-order valence-corrected chi connectivity index (χ1v) is 9.30. The number of fused-ring (bicyclic) bond motifs is 1. The van der Waals surface area contributed by atoms with Gasteiger partial charge in [-0.2, -0.15) is 5.21 Å². The maximum absolute atomic E-state index is 11.4. The number of aromatic carboxylic acids is 1. The third-order valence-electron chi connectivity index (χ3n) is 4.75. The maximum Gasteiger partial charge on any atom is 0.335 e. The van der Waals surface area contributed by atoms with E-state index in [1.807, 2.05) is 30.3 Å². The molecule has 142 valence electrons. The van der Waals surface area contributed by atoms with Crippen molar-refractivity contribution in [3.05, 3.63) is 76.2 Å². The number of aromatic nitrogens is 5. The minimum atomic E-state index is -0.928. The SMILES string of the molecule is O=C(O)c1ccc2c(c1)c(CCc1cccc(Cl)c1)cn2CCc1nn[nH]n1. The van der Waals surface area contributed by atoms with E-state index in [0.29, 0.717) is 23.8 Å². The molecule has 0 saturated heterocycles. The topological polar surface area (TPSA) is 96.7 Å². The fourth-order valence-electron chi connectivity index (χ4n) is 3.37. The number of halogens is 1. The molecule has 0 spiro atoms. The lowest BCUT2D eigenvalue weighted by molar-refractivity contribution is 0.0697. The Hall–Kier alpha value is -3.19. The average Bonchev–Trinajstić information content (AvgIpc) is 3.32. The standard InChI is InChI=1S/C20H18ClN5O2/c21-16-3-1-2-13(10-16)4-5-15-12-26(9-8-19-22-24-25-23-19)18-7-6-14(20(27)28)11-17(15)18/h1-3,6-7,10-12H,4-5,8-9H2,(H,27,28)(H,22,23,24,25). The van der Waals surface area contributed by atoms with Gasteiger partial charge in [0.25, 0.3) is 0 Å². The van der Waals surface area contributed by atoms with Gasteiger partial charge >= 0.3 is 5.97 Å². The lowest BCUT2D eigenvalue weighted by Crippen LogP contribution is -2.02. The van der Waals surface area contributed by atoms with Crippen LogP contribution in [-0.4, -0.2) is 36.3 Å². The third kappa shape index (κ3) is 3.89. The molecule has 8 heteroatoms. The van der Waals surface area contributed by atoms with Gasteiger partial charge in [-0.05, 0) is 54.3 Å². The molecule has 2 aromatic carbocycles. The van der Waals surface area contributed by atoms with Crippen LogP contribution in [0.15, 0.2) is 48.7 Å². The molecule has 0 fully saturated rings. The Kier molecular flexibility index (Phi) is 5.08. The summed E-state index contributed by atoms with van der Waals surface area (Å²) in [6.07, 6.45) is 4.33. The molecule has 7 nitrogen and oxygen atoms in total. The fourth-order valence-corrected chi connectivity index (χ4v) is 3.58. The van der Waals surface area contributed by atoms with E-state index in [2.05, 4.69) is 31.4 Å². The van der Waals surface area contributed by atoms with Crippen LogP contribution in [0.1, 0.15) is 27.3 Å². The molecular formula is C20H18ClN5O2. The Morgan fingerprint density at radius 2 is 2.04 bits per heavy atom. The first-order valence-electron chi connectivity index (χ1n) is 8.92. The summed E-state index contributed by atoms with van der Waals surface area (Å²) < 4.78 is 2.12. The lowest BCUT2D eigenvalue weighted by Gasteiger charge is -2.03. The van der Waals surface area contributed by atoms with Gasteiger partial charge in [-0.3, -0.25) is 0 Å². The molecule has 0 aliphatic heterocycles. The van der Waals surface area contributed by atoms with Crippen molar-refractivity contribution >= 4 is 28.5 Å². The second-order valence-electron chi connectivity index (χ2n) is 6.59. The van der Waals surface area contributed by atoms with E-state index < -0.39 is 5.97 Å². The number of aryl methyl sites for hydroxylation is 4. The van der Waals surface area contributed by atoms with Crippen molar-refractivity contribution in [1.82, 2.24) is 25.2 Å². The Morgan fingerprint density at radius 3 is 2.79 bits per heavy atom. The summed E-state index contributed by atoms with van der Waals surface area (Å²) in [5.41, 5.74) is 3.53. The number of tetrazole rings is 1. The minimum absolute atomic E-state index is 0.285. The van der Waals surface area contributed by atoms with Crippen LogP contribution in [-0.2, 0) is 25.8 Å². The lowest BCUT2D eigenvalue weighted by atomic mass is 10.0. The van der Waals surface area contributed by atoms with Crippen LogP contribution in [0.3, 0.4) is 0 Å². The number of H-pyrrole nitrogens is 1. The summed E-state index contributed by atoms with van der Waals surface area (Å²) in [5, 5.41) is 25.0. The van der Waals surface area contributed by atoms with E-state index in [-0.39, 0.29) is 5.56 Å². The first kappa shape index (κ1) is 18.2. The van der Waals surface area contributed by atoms with Gasteiger partial charge in [-0.1, -0.05) is 28.9 Å². The molecule has 0 unspecified atom stereocenters. The van der Waals surface area contributed by atoms with Crippen LogP contribution in [0.4, 0.5) is 0 Å². The summed E-state index contributed by atoms with van der Waals surface area (Å²) >= 11 is 6.08. The van der Waals surface area contributed by atoms with Crippen LogP contribution >= 0.6 is 11.6 Å². The number of carboxylic acids is 1. The number of benzene rings is 2. The van der Waals surface area contributed by atoms with Crippen molar-refractivity contribution in [1.29, 1.82) is 0 Å². The van der Waals surface area contributed by atoms with Crippen molar-refractivity contribution in [2.45, 2.75) is 25.8 Å². The van der Waals surface area contributed by atoms with Crippen LogP contribution < -0.4 is 0 Å². The zero-order valence-electron chi connectivity index (χ0n) is 15.0. The largest absolute Gasteiger partial charge is 0.478 e. The van der Waals surface area contributed by atoms with E-state index in [4.69, 9.17) is 11.6 Å². The van der Waals surface area contributed by atoms with Gasteiger partial charge in [-0.15, -0.1) is 10.2 Å². The van der Waals surface area contributed by atoms with Gasteiger partial charge in [0.05, 0.1) is 5.56 Å². The highest BCUT2D eigenvalue weighted by molar-refractivity contribution is 6.30. The number of hydrogen-bond acceptors (Lipinski definition) is 4. The molecule has 0 amide bonds. The van der Waals surface area contributed by atoms with Crippen molar-refractivity contribution in [2.24, 2.45) is 0 Å². The Morgan fingerprint density at radius 1 is 1.14 bits per heavy atom. The number of carboxylic acid groups (broad SMARTS) is 1. The molecule has 2 N–H and O–H groups in total. The van der Waals surface area contributed by atoms with Crippen LogP contribution in [0.2, 0.25) is 5.02 Å². The highest BCUT2D eigenvalue weighted by Gasteiger charge is 2.13. The molecule has 0 radical (unpaired) electrons. The van der Waals surface area contributed by atoms with Crippen molar-refractivity contribution in [3.63, 3.8) is 0 Å². The average molecular weight is 396 g/mol. The molecule has 2 heterocycles. The van der Waals surface area contributed by atoms with Crippen molar-refractivity contribution in [2.75, 3.05) is 0 Å². The van der Waals surface area contributed by atoms with Crippen LogP contribution in [0.5, 0.6) is 0 Å². The molecule has 4 aromatic rings. The third-order valence-corrected chi connectivity index (χ3v) is 4.98. The van der Waals surface area contributed by atoms with Gasteiger partial charge in [0.15, 0.2) is 5.82 Å². The molecule has 0 atom stereocenters. The molecule has 4 rings (SSSR count). The minimum Gasteiger partial charge on any atom is -0.478 e. The van der Waals surface area contributed by atoms with E-state index in [0.717, 1.165) is 34.9 Å². The van der Waals surface area contributed by atoms with Gasteiger partial charge in [0.1, 0.15) is 0 Å². The summed E-state index contributed by atoms with van der Waals surface area (Å²) in [7, 11) is 0. The number of nitrogens with one attached hydrogen (secondary N) is 1. The normalized spacial score (nSPS) is 11.2. The van der Waals surface area contributed by atoms with Gasteiger partial charge in [0, 0.05) is 35.1 Å². The molecule has 0 aliphatic carbocycles. The second kappa shape index (κ2) is 7.82. The van der Waals surface area contributed by atoms with Crippen LogP contribution in [0.25, 0.3) is 10.9 Å². The number of carbonyl (C=O) groups is 1. The molecule has 2 aromatic heterocycles. The highest BCUT2D eigenvalue weighted by Crippen LogP contribution is 2.25.